The maximum atomic E-state index is 12.9. The van der Waals surface area contributed by atoms with E-state index in [9.17, 15) is 9.59 Å². The van der Waals surface area contributed by atoms with Gasteiger partial charge in [-0.2, -0.15) is 0 Å². The van der Waals surface area contributed by atoms with Crippen LogP contribution >= 0.6 is 0 Å². The molecule has 1 aliphatic heterocycles. The molecule has 2 aromatic heterocycles. The van der Waals surface area contributed by atoms with E-state index in [1.165, 1.54) is 6.26 Å². The van der Waals surface area contributed by atoms with Crippen LogP contribution in [0.4, 0.5) is 0 Å². The first-order valence-electron chi connectivity index (χ1n) is 12.1. The molecule has 3 heterocycles. The van der Waals surface area contributed by atoms with Crippen LogP contribution in [0.2, 0.25) is 0 Å². The highest BCUT2D eigenvalue weighted by molar-refractivity contribution is 5.91. The Bertz CT molecular complexity index is 1310. The summed E-state index contributed by atoms with van der Waals surface area (Å²) in [4.78, 5) is 32.6. The van der Waals surface area contributed by atoms with Gasteiger partial charge in [0.05, 0.1) is 19.9 Å². The van der Waals surface area contributed by atoms with Crippen molar-refractivity contribution in [3.05, 3.63) is 90.0 Å². The van der Waals surface area contributed by atoms with E-state index in [4.69, 9.17) is 9.15 Å². The van der Waals surface area contributed by atoms with Crippen molar-refractivity contribution in [2.45, 2.75) is 5.92 Å². The maximum absolute atomic E-state index is 12.9. The molecule has 1 atom stereocenters. The summed E-state index contributed by atoms with van der Waals surface area (Å²) >= 11 is 0. The van der Waals surface area contributed by atoms with Crippen molar-refractivity contribution in [2.75, 3.05) is 46.4 Å². The summed E-state index contributed by atoms with van der Waals surface area (Å²) in [5.74, 6) is 0.997. The Labute approximate surface area is 209 Å². The number of methoxy groups -OCH3 is 1. The first kappa shape index (κ1) is 23.7. The molecule has 1 fully saturated rings. The predicted octanol–water partition coefficient (Wildman–Crippen LogP) is 3.48. The Balaban J connectivity index is 1.22. The van der Waals surface area contributed by atoms with Crippen LogP contribution in [0.3, 0.4) is 0 Å². The minimum absolute atomic E-state index is 0.0150. The summed E-state index contributed by atoms with van der Waals surface area (Å²) in [5.41, 5.74) is 3.31. The Morgan fingerprint density at radius 1 is 1.03 bits per heavy atom. The highest BCUT2D eigenvalue weighted by Gasteiger charge is 2.25. The van der Waals surface area contributed by atoms with Gasteiger partial charge in [-0.15, -0.1) is 0 Å². The predicted molar refractivity (Wildman–Crippen MR) is 137 cm³/mol. The zero-order valence-corrected chi connectivity index (χ0v) is 20.3. The van der Waals surface area contributed by atoms with Gasteiger partial charge >= 0.3 is 0 Å². The van der Waals surface area contributed by atoms with Crippen LogP contribution in [0.15, 0.2) is 77.5 Å². The number of hydrogen-bond acceptors (Lipinski definition) is 5. The number of ether oxygens (including phenoxy) is 1. The van der Waals surface area contributed by atoms with Crippen molar-refractivity contribution in [3.8, 4) is 5.75 Å². The standard InChI is InChI=1S/C28H30N4O4/c1-35-21-10-8-20(9-11-21)23(24-18-29-25-6-3-2-5-22(24)25)17-30-27(33)19-31-12-14-32(15-13-31)28(34)26-7-4-16-36-26/h2-11,16,18,23,29H,12-15,17,19H2,1H3,(H,30,33). The SMILES string of the molecule is COc1ccc(C(CNC(=O)CN2CCN(C(=O)c3ccco3)CC2)c2c[nH]c3ccccc23)cc1. The molecule has 2 N–H and O–H groups in total. The summed E-state index contributed by atoms with van der Waals surface area (Å²) in [6, 6.07) is 19.6. The lowest BCUT2D eigenvalue weighted by atomic mass is 9.90. The lowest BCUT2D eigenvalue weighted by molar-refractivity contribution is -0.122. The van der Waals surface area contributed by atoms with Gasteiger partial charge in [0.15, 0.2) is 5.76 Å². The lowest BCUT2D eigenvalue weighted by Gasteiger charge is -2.34. The number of amides is 2. The average molecular weight is 487 g/mol. The number of carbonyl (C=O) groups excluding carboxylic acids is 2. The van der Waals surface area contributed by atoms with Gasteiger partial charge in [-0.05, 0) is 41.5 Å². The molecule has 2 amide bonds. The first-order valence-corrected chi connectivity index (χ1v) is 12.1. The molecule has 36 heavy (non-hydrogen) atoms. The number of nitrogens with zero attached hydrogens (tertiary/aromatic N) is 2. The summed E-state index contributed by atoms with van der Waals surface area (Å²) in [6.45, 7) is 3.19. The van der Waals surface area contributed by atoms with E-state index in [1.54, 1.807) is 24.1 Å². The molecular formula is C28H30N4O4. The number of aromatic amines is 1. The monoisotopic (exact) mass is 486 g/mol. The van der Waals surface area contributed by atoms with E-state index in [2.05, 4.69) is 27.3 Å². The van der Waals surface area contributed by atoms with E-state index in [-0.39, 0.29) is 17.7 Å². The fourth-order valence-corrected chi connectivity index (χ4v) is 4.77. The topological polar surface area (TPSA) is 90.8 Å². The molecular weight excluding hydrogens is 456 g/mol. The van der Waals surface area contributed by atoms with Crippen LogP contribution in [0.5, 0.6) is 5.75 Å². The third-order valence-corrected chi connectivity index (χ3v) is 6.78. The molecule has 5 rings (SSSR count). The van der Waals surface area contributed by atoms with Gasteiger partial charge in [0, 0.05) is 55.7 Å². The van der Waals surface area contributed by atoms with Gasteiger partial charge in [-0.1, -0.05) is 30.3 Å². The second-order valence-electron chi connectivity index (χ2n) is 8.97. The van der Waals surface area contributed by atoms with E-state index in [0.717, 1.165) is 27.8 Å². The Morgan fingerprint density at radius 3 is 2.53 bits per heavy atom. The summed E-state index contributed by atoms with van der Waals surface area (Å²) < 4.78 is 10.5. The summed E-state index contributed by atoms with van der Waals surface area (Å²) in [5, 5.41) is 4.29. The largest absolute Gasteiger partial charge is 0.497 e. The van der Waals surface area contributed by atoms with Gasteiger partial charge in [0.1, 0.15) is 5.75 Å². The van der Waals surface area contributed by atoms with Crippen molar-refractivity contribution >= 4 is 22.7 Å². The third-order valence-electron chi connectivity index (χ3n) is 6.78. The highest BCUT2D eigenvalue weighted by atomic mass is 16.5. The number of rotatable bonds is 8. The first-order chi connectivity index (χ1) is 17.6. The molecule has 186 valence electrons. The number of nitrogens with one attached hydrogen (secondary N) is 2. The van der Waals surface area contributed by atoms with Gasteiger partial charge in [-0.3, -0.25) is 14.5 Å². The minimum atomic E-state index is -0.106. The van der Waals surface area contributed by atoms with Gasteiger partial charge in [0.2, 0.25) is 5.91 Å². The molecule has 0 aliphatic carbocycles. The fraction of sp³-hybridized carbons (Fsp3) is 0.286. The van der Waals surface area contributed by atoms with Crippen LogP contribution in [-0.4, -0.2) is 73.0 Å². The molecule has 0 saturated carbocycles. The van der Waals surface area contributed by atoms with Gasteiger partial charge in [-0.25, -0.2) is 0 Å². The zero-order chi connectivity index (χ0) is 24.9. The highest BCUT2D eigenvalue weighted by Crippen LogP contribution is 2.31. The molecule has 0 spiro atoms. The van der Waals surface area contributed by atoms with Crippen molar-refractivity contribution in [1.29, 1.82) is 0 Å². The van der Waals surface area contributed by atoms with E-state index in [0.29, 0.717) is 45.0 Å². The molecule has 1 saturated heterocycles. The molecule has 2 aromatic carbocycles. The van der Waals surface area contributed by atoms with E-state index in [1.807, 2.05) is 42.6 Å². The Hall–Kier alpha value is -4.04. The van der Waals surface area contributed by atoms with Gasteiger partial charge in [0.25, 0.3) is 5.91 Å². The molecule has 8 nitrogen and oxygen atoms in total. The number of benzene rings is 2. The second-order valence-corrected chi connectivity index (χ2v) is 8.97. The minimum Gasteiger partial charge on any atom is -0.497 e. The fourth-order valence-electron chi connectivity index (χ4n) is 4.77. The second kappa shape index (κ2) is 10.7. The van der Waals surface area contributed by atoms with Crippen LogP contribution in [0.1, 0.15) is 27.6 Å². The molecule has 1 aliphatic rings. The quantitative estimate of drug-likeness (QED) is 0.398. The number of hydrogen-bond donors (Lipinski definition) is 2. The molecule has 0 radical (unpaired) electrons. The van der Waals surface area contributed by atoms with Gasteiger partial charge < -0.3 is 24.4 Å². The number of para-hydroxylation sites is 1. The number of aromatic nitrogens is 1. The molecule has 0 bridgehead atoms. The van der Waals surface area contributed by atoms with Crippen molar-refractivity contribution in [1.82, 2.24) is 20.1 Å². The van der Waals surface area contributed by atoms with Crippen molar-refractivity contribution in [2.24, 2.45) is 0 Å². The van der Waals surface area contributed by atoms with Crippen LogP contribution in [-0.2, 0) is 4.79 Å². The number of H-pyrrole nitrogens is 1. The number of piperazine rings is 1. The van der Waals surface area contributed by atoms with Crippen LogP contribution in [0, 0.1) is 0 Å². The molecule has 8 heteroatoms. The van der Waals surface area contributed by atoms with E-state index < -0.39 is 0 Å². The average Bonchev–Trinajstić information content (AvgIpc) is 3.60. The normalized spacial score (nSPS) is 15.1. The zero-order valence-electron chi connectivity index (χ0n) is 20.3. The molecule has 4 aromatic rings. The third kappa shape index (κ3) is 5.13. The maximum Gasteiger partial charge on any atom is 0.289 e. The van der Waals surface area contributed by atoms with Crippen LogP contribution < -0.4 is 10.1 Å². The number of carbonyl (C=O) groups is 2. The Kier molecular flexibility index (Phi) is 7.04. The van der Waals surface area contributed by atoms with Crippen LogP contribution in [0.25, 0.3) is 10.9 Å². The number of fused-ring (bicyclic) bond motifs is 1. The van der Waals surface area contributed by atoms with Crippen molar-refractivity contribution < 1.29 is 18.7 Å². The van der Waals surface area contributed by atoms with Crippen molar-refractivity contribution in [3.63, 3.8) is 0 Å². The van der Waals surface area contributed by atoms with E-state index >= 15 is 0 Å². The Morgan fingerprint density at radius 2 is 1.81 bits per heavy atom. The summed E-state index contributed by atoms with van der Waals surface area (Å²) in [7, 11) is 1.65. The smallest absolute Gasteiger partial charge is 0.289 e. The lowest BCUT2D eigenvalue weighted by Crippen LogP contribution is -2.51. The number of furan rings is 1. The molecule has 1 unspecified atom stereocenters. The summed E-state index contributed by atoms with van der Waals surface area (Å²) in [6.07, 6.45) is 3.53.